The summed E-state index contributed by atoms with van der Waals surface area (Å²) in [5.74, 6) is -2.00. The number of hydrogen-bond acceptors (Lipinski definition) is 7. The van der Waals surface area contributed by atoms with Gasteiger partial charge in [-0.1, -0.05) is 48.5 Å². The van der Waals surface area contributed by atoms with Crippen LogP contribution in [0.2, 0.25) is 0 Å². The molecule has 0 spiro atoms. The summed E-state index contributed by atoms with van der Waals surface area (Å²) in [5, 5.41) is 11.7. The highest BCUT2D eigenvalue weighted by Gasteiger charge is 2.53. The highest BCUT2D eigenvalue weighted by molar-refractivity contribution is 7.91. The number of ether oxygens (including phenoxy) is 2. The van der Waals surface area contributed by atoms with Crippen LogP contribution in [0.15, 0.2) is 113 Å². The van der Waals surface area contributed by atoms with Gasteiger partial charge in [-0.15, -0.1) is 0 Å². The molecule has 45 heavy (non-hydrogen) atoms. The number of halogens is 2. The van der Waals surface area contributed by atoms with Gasteiger partial charge in [0.05, 0.1) is 17.3 Å². The minimum Gasteiger partial charge on any atom is -0.494 e. The monoisotopic (exact) mass is 634 g/mol. The average molecular weight is 635 g/mol. The fourth-order valence-electron chi connectivity index (χ4n) is 5.08. The molecule has 11 heteroatoms. The number of nitrogens with one attached hydrogen (secondary N) is 1. The van der Waals surface area contributed by atoms with Gasteiger partial charge in [-0.05, 0) is 59.7 Å². The first-order valence-corrected chi connectivity index (χ1v) is 16.0. The Bertz CT molecular complexity index is 1730. The molecule has 0 aromatic heterocycles. The van der Waals surface area contributed by atoms with E-state index in [-0.39, 0.29) is 35.9 Å². The Labute approximate surface area is 260 Å². The van der Waals surface area contributed by atoms with Crippen molar-refractivity contribution in [2.45, 2.75) is 35.9 Å². The van der Waals surface area contributed by atoms with E-state index in [9.17, 15) is 22.0 Å². The van der Waals surface area contributed by atoms with Gasteiger partial charge in [-0.2, -0.15) is 0 Å². The molecule has 0 fully saturated rings. The van der Waals surface area contributed by atoms with Crippen molar-refractivity contribution in [3.8, 4) is 5.75 Å². The van der Waals surface area contributed by atoms with E-state index >= 15 is 0 Å². The van der Waals surface area contributed by atoms with Gasteiger partial charge in [0.2, 0.25) is 5.90 Å². The van der Waals surface area contributed by atoms with Crippen molar-refractivity contribution in [2.24, 2.45) is 4.99 Å². The molecule has 2 N–H and O–H groups in total. The van der Waals surface area contributed by atoms with Crippen molar-refractivity contribution in [3.63, 3.8) is 0 Å². The normalized spacial score (nSPS) is 17.8. The average Bonchev–Trinajstić information content (AvgIpc) is 3.45. The fourth-order valence-corrected chi connectivity index (χ4v) is 6.47. The van der Waals surface area contributed by atoms with E-state index in [4.69, 9.17) is 19.6 Å². The number of aliphatic hydroxyl groups excluding tert-OH is 1. The quantitative estimate of drug-likeness (QED) is 0.197. The minimum absolute atomic E-state index is 0.00188. The van der Waals surface area contributed by atoms with Crippen LogP contribution in [-0.2, 0) is 25.9 Å². The summed E-state index contributed by atoms with van der Waals surface area (Å²) in [6, 6.07) is 26.5. The summed E-state index contributed by atoms with van der Waals surface area (Å²) in [4.78, 5) is 19.1. The fraction of sp³-hybridized carbons (Fsp3) is 0.235. The standard InChI is InChI=1S/C34H32F2N2O6S/c35-27-20-24(21-28(36)22-27)23-37-33(40)34(16-19-45(41,42)30-10-5-2-6-11-30)31(25-8-3-1-4-9-25)44-32(38-34)26-12-14-29(15-13-26)43-18-7-17-39/h1-6,8-15,20-22,31,39H,7,16-19,23H2,(H,37,40)/t31-,34-/m1/s1. The lowest BCUT2D eigenvalue weighted by atomic mass is 9.85. The zero-order chi connectivity index (χ0) is 31.9. The Morgan fingerprint density at radius 3 is 2.22 bits per heavy atom. The van der Waals surface area contributed by atoms with Crippen molar-refractivity contribution in [1.82, 2.24) is 5.32 Å². The second-order valence-corrected chi connectivity index (χ2v) is 12.7. The van der Waals surface area contributed by atoms with Gasteiger partial charge >= 0.3 is 0 Å². The highest BCUT2D eigenvalue weighted by Crippen LogP contribution is 2.43. The summed E-state index contributed by atoms with van der Waals surface area (Å²) >= 11 is 0. The molecule has 1 amide bonds. The van der Waals surface area contributed by atoms with Crippen LogP contribution in [0.5, 0.6) is 5.75 Å². The third-order valence-electron chi connectivity index (χ3n) is 7.36. The van der Waals surface area contributed by atoms with Crippen LogP contribution < -0.4 is 10.1 Å². The zero-order valence-electron chi connectivity index (χ0n) is 24.2. The summed E-state index contributed by atoms with van der Waals surface area (Å²) in [5.41, 5.74) is -0.465. The van der Waals surface area contributed by atoms with E-state index in [1.807, 2.05) is 0 Å². The molecule has 0 radical (unpaired) electrons. The van der Waals surface area contributed by atoms with Crippen molar-refractivity contribution < 1.29 is 36.6 Å². The van der Waals surface area contributed by atoms with Crippen molar-refractivity contribution >= 4 is 21.6 Å². The first-order chi connectivity index (χ1) is 21.7. The minimum atomic E-state index is -3.84. The van der Waals surface area contributed by atoms with Crippen molar-refractivity contribution in [2.75, 3.05) is 19.0 Å². The summed E-state index contributed by atoms with van der Waals surface area (Å²) in [6.07, 6.45) is -0.800. The van der Waals surface area contributed by atoms with Crippen molar-refractivity contribution in [3.05, 3.63) is 131 Å². The van der Waals surface area contributed by atoms with Gasteiger partial charge in [0.15, 0.2) is 21.5 Å². The van der Waals surface area contributed by atoms with E-state index in [2.05, 4.69) is 5.32 Å². The summed E-state index contributed by atoms with van der Waals surface area (Å²) in [6.45, 7) is 0.104. The molecule has 1 heterocycles. The first-order valence-electron chi connectivity index (χ1n) is 14.4. The van der Waals surface area contributed by atoms with E-state index in [0.29, 0.717) is 29.9 Å². The molecule has 1 aliphatic heterocycles. The number of rotatable bonds is 13. The number of aliphatic imine (C=N–C) groups is 1. The summed E-state index contributed by atoms with van der Waals surface area (Å²) < 4.78 is 66.6. The largest absolute Gasteiger partial charge is 0.494 e. The lowest BCUT2D eigenvalue weighted by Gasteiger charge is -2.30. The second-order valence-electron chi connectivity index (χ2n) is 10.5. The number of carbonyl (C=O) groups is 1. The molecule has 2 atom stereocenters. The SMILES string of the molecule is O=C(NCc1cc(F)cc(F)c1)[C@]1(CCS(=O)(=O)c2ccccc2)N=C(c2ccc(OCCCO)cc2)O[C@@H]1c1ccccc1. The third-order valence-corrected chi connectivity index (χ3v) is 9.09. The molecule has 0 bridgehead atoms. The molecule has 0 saturated carbocycles. The Morgan fingerprint density at radius 2 is 1.58 bits per heavy atom. The Morgan fingerprint density at radius 1 is 0.933 bits per heavy atom. The topological polar surface area (TPSA) is 114 Å². The van der Waals surface area contributed by atoms with Gasteiger partial charge < -0.3 is 19.9 Å². The number of aliphatic hydroxyl groups is 1. The molecular weight excluding hydrogens is 602 g/mol. The molecule has 4 aromatic carbocycles. The number of nitrogens with zero attached hydrogens (tertiary/aromatic N) is 1. The van der Waals surface area contributed by atoms with Crippen LogP contribution in [-0.4, -0.2) is 49.8 Å². The van der Waals surface area contributed by atoms with Crippen LogP contribution in [0.1, 0.15) is 35.6 Å². The Kier molecular flexibility index (Phi) is 9.90. The number of hydrogen-bond donors (Lipinski definition) is 2. The lowest BCUT2D eigenvalue weighted by Crippen LogP contribution is -2.49. The smallest absolute Gasteiger partial charge is 0.252 e. The van der Waals surface area contributed by atoms with Crippen LogP contribution >= 0.6 is 0 Å². The second kappa shape index (κ2) is 14.0. The first kappa shape index (κ1) is 31.8. The molecule has 5 rings (SSSR count). The van der Waals surface area contributed by atoms with E-state index in [0.717, 1.165) is 18.2 Å². The molecule has 234 valence electrons. The van der Waals surface area contributed by atoms with Crippen LogP contribution in [0.4, 0.5) is 8.78 Å². The molecule has 4 aromatic rings. The third kappa shape index (κ3) is 7.55. The molecular formula is C34H32F2N2O6S. The molecule has 1 aliphatic rings. The predicted molar refractivity (Wildman–Crippen MR) is 164 cm³/mol. The van der Waals surface area contributed by atoms with Gasteiger partial charge in [0.1, 0.15) is 17.4 Å². The maximum atomic E-state index is 14.2. The predicted octanol–water partition coefficient (Wildman–Crippen LogP) is 5.16. The van der Waals surface area contributed by atoms with Crippen LogP contribution in [0.3, 0.4) is 0 Å². The maximum Gasteiger partial charge on any atom is 0.252 e. The number of amides is 1. The molecule has 0 unspecified atom stereocenters. The Hall–Kier alpha value is -4.61. The summed E-state index contributed by atoms with van der Waals surface area (Å²) in [7, 11) is -3.84. The van der Waals surface area contributed by atoms with Gasteiger partial charge in [-0.25, -0.2) is 22.2 Å². The molecule has 0 aliphatic carbocycles. The number of sulfone groups is 1. The zero-order valence-corrected chi connectivity index (χ0v) is 25.1. The van der Waals surface area contributed by atoms with Crippen molar-refractivity contribution in [1.29, 1.82) is 0 Å². The maximum absolute atomic E-state index is 14.2. The molecule has 8 nitrogen and oxygen atoms in total. The van der Waals surface area contributed by atoms with Gasteiger partial charge in [0.25, 0.3) is 5.91 Å². The lowest BCUT2D eigenvalue weighted by molar-refractivity contribution is -0.129. The molecule has 0 saturated heterocycles. The highest BCUT2D eigenvalue weighted by atomic mass is 32.2. The van der Waals surface area contributed by atoms with E-state index in [1.165, 1.54) is 12.1 Å². The van der Waals surface area contributed by atoms with E-state index in [1.54, 1.807) is 72.8 Å². The van der Waals surface area contributed by atoms with Gasteiger partial charge in [0, 0.05) is 37.6 Å². The number of carbonyl (C=O) groups excluding carboxylic acids is 1. The van der Waals surface area contributed by atoms with Crippen LogP contribution in [0, 0.1) is 11.6 Å². The number of benzene rings is 4. The van der Waals surface area contributed by atoms with Gasteiger partial charge in [-0.3, -0.25) is 4.79 Å². The van der Waals surface area contributed by atoms with Crippen LogP contribution in [0.25, 0.3) is 0 Å². The Balaban J connectivity index is 1.53. The van der Waals surface area contributed by atoms with E-state index < -0.39 is 44.8 Å².